The predicted molar refractivity (Wildman–Crippen MR) is 103 cm³/mol. The first-order valence-electron chi connectivity index (χ1n) is 9.63. The molecule has 0 radical (unpaired) electrons. The molecule has 1 aromatic carbocycles. The summed E-state index contributed by atoms with van der Waals surface area (Å²) in [5.74, 6) is 0.398. The second-order valence-electron chi connectivity index (χ2n) is 6.87. The lowest BCUT2D eigenvalue weighted by Crippen LogP contribution is -1.89. The molecule has 0 spiro atoms. The van der Waals surface area contributed by atoms with Crippen molar-refractivity contribution in [1.82, 2.24) is 0 Å². The van der Waals surface area contributed by atoms with Crippen molar-refractivity contribution in [3.63, 3.8) is 0 Å². The second-order valence-corrected chi connectivity index (χ2v) is 7.28. The van der Waals surface area contributed by atoms with Crippen LogP contribution in [-0.4, -0.2) is 5.11 Å². The van der Waals surface area contributed by atoms with Gasteiger partial charge in [-0.3, -0.25) is 0 Å². The fraction of sp³-hybridized carbons (Fsp3) is 0.714. The molecular weight excluding hydrogens is 304 g/mol. The fourth-order valence-electron chi connectivity index (χ4n) is 3.06. The average Bonchev–Trinajstić information content (AvgIpc) is 2.53. The van der Waals surface area contributed by atoms with E-state index in [9.17, 15) is 5.11 Å². The highest BCUT2D eigenvalue weighted by molar-refractivity contribution is 6.31. The zero-order valence-corrected chi connectivity index (χ0v) is 15.9. The fourth-order valence-corrected chi connectivity index (χ4v) is 3.25. The SMILES string of the molecule is CCCCCCCCCCCCCCc1cc(Cl)c(C)cc1O. The number of unbranched alkanes of at least 4 members (excludes halogenated alkanes) is 11. The van der Waals surface area contributed by atoms with E-state index in [0.29, 0.717) is 5.75 Å². The third kappa shape index (κ3) is 9.25. The van der Waals surface area contributed by atoms with E-state index >= 15 is 0 Å². The van der Waals surface area contributed by atoms with Crippen LogP contribution in [0.15, 0.2) is 12.1 Å². The molecule has 0 saturated carbocycles. The second kappa shape index (κ2) is 12.7. The molecule has 0 saturated heterocycles. The zero-order chi connectivity index (χ0) is 16.9. The molecule has 0 aliphatic heterocycles. The summed E-state index contributed by atoms with van der Waals surface area (Å²) in [7, 11) is 0. The largest absolute Gasteiger partial charge is 0.508 e. The zero-order valence-electron chi connectivity index (χ0n) is 15.2. The number of rotatable bonds is 13. The molecule has 0 aliphatic rings. The van der Waals surface area contributed by atoms with Crippen LogP contribution in [0.25, 0.3) is 0 Å². The van der Waals surface area contributed by atoms with Crippen LogP contribution in [0.1, 0.15) is 95.1 Å². The van der Waals surface area contributed by atoms with Crippen molar-refractivity contribution >= 4 is 11.6 Å². The van der Waals surface area contributed by atoms with E-state index in [0.717, 1.165) is 29.0 Å². The molecular formula is C21H35ClO. The van der Waals surface area contributed by atoms with Gasteiger partial charge >= 0.3 is 0 Å². The summed E-state index contributed by atoms with van der Waals surface area (Å²) in [6.07, 6.45) is 17.2. The highest BCUT2D eigenvalue weighted by atomic mass is 35.5. The van der Waals surface area contributed by atoms with Crippen molar-refractivity contribution in [3.05, 3.63) is 28.3 Å². The molecule has 0 heterocycles. The molecule has 0 fully saturated rings. The number of hydrogen-bond donors (Lipinski definition) is 1. The van der Waals surface area contributed by atoms with Crippen LogP contribution in [0.5, 0.6) is 5.75 Å². The number of aromatic hydroxyl groups is 1. The first-order chi connectivity index (χ1) is 11.1. The quantitative estimate of drug-likeness (QED) is 0.367. The lowest BCUT2D eigenvalue weighted by atomic mass is 10.0. The smallest absolute Gasteiger partial charge is 0.119 e. The average molecular weight is 339 g/mol. The Morgan fingerprint density at radius 1 is 0.783 bits per heavy atom. The third-order valence-corrected chi connectivity index (χ3v) is 5.07. The summed E-state index contributed by atoms with van der Waals surface area (Å²) in [5.41, 5.74) is 1.94. The van der Waals surface area contributed by atoms with E-state index in [-0.39, 0.29) is 0 Å². The Bertz CT molecular complexity index is 428. The van der Waals surface area contributed by atoms with Gasteiger partial charge in [0.15, 0.2) is 0 Å². The van der Waals surface area contributed by atoms with Crippen LogP contribution in [-0.2, 0) is 6.42 Å². The monoisotopic (exact) mass is 338 g/mol. The lowest BCUT2D eigenvalue weighted by molar-refractivity contribution is 0.465. The molecule has 0 aliphatic carbocycles. The molecule has 1 aromatic rings. The Morgan fingerprint density at radius 3 is 1.78 bits per heavy atom. The minimum atomic E-state index is 0.398. The Hall–Kier alpha value is -0.690. The molecule has 0 aromatic heterocycles. The predicted octanol–water partition coefficient (Wildman–Crippen LogP) is 7.60. The maximum Gasteiger partial charge on any atom is 0.119 e. The van der Waals surface area contributed by atoms with E-state index in [1.54, 1.807) is 6.07 Å². The lowest BCUT2D eigenvalue weighted by Gasteiger charge is -2.07. The number of hydrogen-bond acceptors (Lipinski definition) is 1. The van der Waals surface area contributed by atoms with Gasteiger partial charge in [0.05, 0.1) is 0 Å². The van der Waals surface area contributed by atoms with Gasteiger partial charge in [0.2, 0.25) is 0 Å². The van der Waals surface area contributed by atoms with Crippen molar-refractivity contribution < 1.29 is 5.11 Å². The summed E-state index contributed by atoms with van der Waals surface area (Å²) in [5, 5.41) is 10.7. The maximum atomic E-state index is 9.93. The molecule has 1 nitrogen and oxygen atoms in total. The minimum Gasteiger partial charge on any atom is -0.508 e. The Kier molecular flexibility index (Phi) is 11.2. The van der Waals surface area contributed by atoms with Crippen LogP contribution in [0.2, 0.25) is 5.02 Å². The number of benzene rings is 1. The van der Waals surface area contributed by atoms with Crippen molar-refractivity contribution in [2.24, 2.45) is 0 Å². The Labute approximate surface area is 148 Å². The third-order valence-electron chi connectivity index (χ3n) is 4.66. The van der Waals surface area contributed by atoms with Crippen LogP contribution >= 0.6 is 11.6 Å². The number of halogens is 1. The molecule has 1 N–H and O–H groups in total. The van der Waals surface area contributed by atoms with Gasteiger partial charge in [0.25, 0.3) is 0 Å². The van der Waals surface area contributed by atoms with E-state index in [2.05, 4.69) is 6.92 Å². The van der Waals surface area contributed by atoms with E-state index < -0.39 is 0 Å². The van der Waals surface area contributed by atoms with Crippen LogP contribution in [0, 0.1) is 6.92 Å². The van der Waals surface area contributed by atoms with Gasteiger partial charge in [0, 0.05) is 5.02 Å². The molecule has 0 atom stereocenters. The van der Waals surface area contributed by atoms with Gasteiger partial charge in [0.1, 0.15) is 5.75 Å². The van der Waals surface area contributed by atoms with Gasteiger partial charge < -0.3 is 5.11 Å². The van der Waals surface area contributed by atoms with Gasteiger partial charge in [-0.05, 0) is 43.0 Å². The summed E-state index contributed by atoms with van der Waals surface area (Å²) >= 11 is 6.13. The minimum absolute atomic E-state index is 0.398. The summed E-state index contributed by atoms with van der Waals surface area (Å²) < 4.78 is 0. The number of phenolic OH excluding ortho intramolecular Hbond substituents is 1. The summed E-state index contributed by atoms with van der Waals surface area (Å²) in [4.78, 5) is 0. The standard InChI is InChI=1S/C21H35ClO/c1-3-4-5-6-7-8-9-10-11-12-13-14-15-19-17-20(22)18(2)16-21(19)23/h16-17,23H,3-15H2,1-2H3. The van der Waals surface area contributed by atoms with Crippen molar-refractivity contribution in [1.29, 1.82) is 0 Å². The molecule has 0 bridgehead atoms. The van der Waals surface area contributed by atoms with Crippen molar-refractivity contribution in [2.75, 3.05) is 0 Å². The molecule has 132 valence electrons. The van der Waals surface area contributed by atoms with E-state index in [1.165, 1.54) is 70.6 Å². The Balaban J connectivity index is 1.97. The van der Waals surface area contributed by atoms with Crippen molar-refractivity contribution in [3.8, 4) is 5.75 Å². The van der Waals surface area contributed by atoms with Crippen molar-refractivity contribution in [2.45, 2.75) is 97.3 Å². The topological polar surface area (TPSA) is 20.2 Å². The number of phenols is 1. The number of aryl methyl sites for hydroxylation is 2. The van der Waals surface area contributed by atoms with Gasteiger partial charge in [-0.25, -0.2) is 0 Å². The van der Waals surface area contributed by atoms with Gasteiger partial charge in [-0.2, -0.15) is 0 Å². The molecule has 2 heteroatoms. The Morgan fingerprint density at radius 2 is 1.26 bits per heavy atom. The van der Waals surface area contributed by atoms with E-state index in [1.807, 2.05) is 13.0 Å². The van der Waals surface area contributed by atoms with Crippen LogP contribution < -0.4 is 0 Å². The molecule has 1 rings (SSSR count). The molecule has 23 heavy (non-hydrogen) atoms. The van der Waals surface area contributed by atoms with E-state index in [4.69, 9.17) is 11.6 Å². The summed E-state index contributed by atoms with van der Waals surface area (Å²) in [6, 6.07) is 3.70. The first-order valence-corrected chi connectivity index (χ1v) is 10.0. The summed E-state index contributed by atoms with van der Waals surface area (Å²) in [6.45, 7) is 4.20. The molecule has 0 unspecified atom stereocenters. The highest BCUT2D eigenvalue weighted by Crippen LogP contribution is 2.27. The highest BCUT2D eigenvalue weighted by Gasteiger charge is 2.05. The molecule has 0 amide bonds. The van der Waals surface area contributed by atoms with Crippen LogP contribution in [0.3, 0.4) is 0 Å². The van der Waals surface area contributed by atoms with Gasteiger partial charge in [-0.15, -0.1) is 0 Å². The maximum absolute atomic E-state index is 9.93. The van der Waals surface area contributed by atoms with Crippen LogP contribution in [0.4, 0.5) is 0 Å². The van der Waals surface area contributed by atoms with Gasteiger partial charge in [-0.1, -0.05) is 89.2 Å². The first kappa shape index (κ1) is 20.4. The normalized spacial score (nSPS) is 11.1.